The van der Waals surface area contributed by atoms with Crippen molar-refractivity contribution in [3.8, 4) is 17.2 Å². The molecule has 1 aliphatic rings. The summed E-state index contributed by atoms with van der Waals surface area (Å²) in [7, 11) is 3.80. The second-order valence-electron chi connectivity index (χ2n) is 12.7. The zero-order valence-corrected chi connectivity index (χ0v) is 30.0. The van der Waals surface area contributed by atoms with E-state index in [4.69, 9.17) is 19.9 Å². The van der Waals surface area contributed by atoms with Gasteiger partial charge in [-0.25, -0.2) is 0 Å². The van der Waals surface area contributed by atoms with Crippen molar-refractivity contribution in [3.63, 3.8) is 0 Å². The minimum Gasteiger partial charge on any atom is -0.493 e. The third kappa shape index (κ3) is 10.9. The average molecular weight is 688 g/mol. The van der Waals surface area contributed by atoms with Gasteiger partial charge < -0.3 is 40.0 Å². The molecule has 0 radical (unpaired) electrons. The predicted octanol–water partition coefficient (Wildman–Crippen LogP) is 5.75. The molecule has 0 bridgehead atoms. The number of aryl methyl sites for hydroxylation is 1. The van der Waals surface area contributed by atoms with Crippen LogP contribution in [0.4, 0.5) is 11.4 Å². The van der Waals surface area contributed by atoms with E-state index in [2.05, 4.69) is 17.3 Å². The first-order chi connectivity index (χ1) is 24.2. The lowest BCUT2D eigenvalue weighted by molar-refractivity contribution is -0.132. The summed E-state index contributed by atoms with van der Waals surface area (Å²) in [5.41, 5.74) is 8.49. The maximum absolute atomic E-state index is 13.8. The molecule has 0 aliphatic carbocycles. The molecule has 3 aromatic carbocycles. The molecule has 3 amide bonds. The molecule has 1 aliphatic heterocycles. The maximum Gasteiger partial charge on any atom is 0.259 e. The van der Waals surface area contributed by atoms with Gasteiger partial charge in [-0.2, -0.15) is 0 Å². The van der Waals surface area contributed by atoms with Gasteiger partial charge in [-0.15, -0.1) is 0 Å². The summed E-state index contributed by atoms with van der Waals surface area (Å²) in [5, 5.41) is 2.93. The van der Waals surface area contributed by atoms with Gasteiger partial charge >= 0.3 is 0 Å². The number of amides is 3. The number of piperazine rings is 1. The van der Waals surface area contributed by atoms with Crippen molar-refractivity contribution in [1.29, 1.82) is 0 Å². The minimum absolute atomic E-state index is 0.229. The highest BCUT2D eigenvalue weighted by molar-refractivity contribution is 6.09. The topological polar surface area (TPSA) is 127 Å². The Morgan fingerprint density at radius 1 is 0.820 bits per heavy atom. The molecule has 4 rings (SSSR count). The fourth-order valence-corrected chi connectivity index (χ4v) is 5.59. The van der Waals surface area contributed by atoms with Crippen LogP contribution in [0.5, 0.6) is 17.2 Å². The van der Waals surface area contributed by atoms with Gasteiger partial charge in [0.25, 0.3) is 11.8 Å². The number of carbonyl (C=O) groups excluding carboxylic acids is 3. The summed E-state index contributed by atoms with van der Waals surface area (Å²) in [4.78, 5) is 45.5. The number of ether oxygens (including phenoxy) is 3. The molecule has 11 nitrogen and oxygen atoms in total. The maximum atomic E-state index is 13.8. The number of para-hydroxylation sites is 1. The van der Waals surface area contributed by atoms with Crippen LogP contribution in [0.1, 0.15) is 71.7 Å². The Hall–Kier alpha value is -4.61. The zero-order chi connectivity index (χ0) is 35.9. The second kappa shape index (κ2) is 19.5. The lowest BCUT2D eigenvalue weighted by Gasteiger charge is -2.32. The Bertz CT molecular complexity index is 1570. The number of nitrogens with zero attached hydrogens (tertiary/aromatic N) is 3. The highest BCUT2D eigenvalue weighted by atomic mass is 16.5. The number of rotatable bonds is 18. The zero-order valence-electron chi connectivity index (χ0n) is 30.0. The molecule has 1 saturated heterocycles. The van der Waals surface area contributed by atoms with Crippen molar-refractivity contribution in [2.24, 2.45) is 5.73 Å². The summed E-state index contributed by atoms with van der Waals surface area (Å²) in [6, 6.07) is 17.8. The molecule has 50 heavy (non-hydrogen) atoms. The third-order valence-corrected chi connectivity index (χ3v) is 8.61. The molecular weight excluding hydrogens is 634 g/mol. The summed E-state index contributed by atoms with van der Waals surface area (Å²) in [6.07, 6.45) is 4.48. The molecule has 3 N–H and O–H groups in total. The van der Waals surface area contributed by atoms with Crippen molar-refractivity contribution < 1.29 is 28.6 Å². The standard InChI is InChI=1S/C39H53N5O6/c1-5-24-48-35-28-30(16-17-32(35)41-38(46)31-12-8-9-13-34(31)49-26-11-19-40)39(47)43(4)33-18-15-29(2)27-36(33)50-25-10-6-7-14-37(45)44-22-20-42(3)21-23-44/h8-9,12-13,15-18,27-28H,5-7,10-11,14,19-26,40H2,1-4H3,(H,41,46). The van der Waals surface area contributed by atoms with E-state index < -0.39 is 0 Å². The molecule has 0 unspecified atom stereocenters. The summed E-state index contributed by atoms with van der Waals surface area (Å²) < 4.78 is 18.0. The first-order valence-corrected chi connectivity index (χ1v) is 17.7. The smallest absolute Gasteiger partial charge is 0.259 e. The molecule has 3 aromatic rings. The monoisotopic (exact) mass is 687 g/mol. The van der Waals surface area contributed by atoms with Crippen LogP contribution < -0.4 is 30.2 Å². The van der Waals surface area contributed by atoms with E-state index in [1.54, 1.807) is 48.3 Å². The second-order valence-corrected chi connectivity index (χ2v) is 12.7. The Labute approximate surface area is 296 Å². The number of hydrogen-bond donors (Lipinski definition) is 2. The van der Waals surface area contributed by atoms with E-state index in [0.717, 1.165) is 57.4 Å². The molecule has 0 spiro atoms. The molecule has 0 saturated carbocycles. The van der Waals surface area contributed by atoms with Gasteiger partial charge in [-0.1, -0.05) is 25.1 Å². The first kappa shape index (κ1) is 38.2. The van der Waals surface area contributed by atoms with Gasteiger partial charge in [0.05, 0.1) is 36.8 Å². The molecule has 0 aromatic heterocycles. The van der Waals surface area contributed by atoms with Gasteiger partial charge in [0, 0.05) is 45.2 Å². The van der Waals surface area contributed by atoms with E-state index in [-0.39, 0.29) is 17.7 Å². The summed E-state index contributed by atoms with van der Waals surface area (Å²) >= 11 is 0. The van der Waals surface area contributed by atoms with Gasteiger partial charge in [0.15, 0.2) is 0 Å². The summed E-state index contributed by atoms with van der Waals surface area (Å²) in [5.74, 6) is 1.11. The van der Waals surface area contributed by atoms with Gasteiger partial charge in [-0.05, 0) is 101 Å². The minimum atomic E-state index is -0.353. The molecular formula is C39H53N5O6. The normalized spacial score (nSPS) is 13.1. The Morgan fingerprint density at radius 3 is 2.30 bits per heavy atom. The Kier molecular flexibility index (Phi) is 14.9. The number of hydrogen-bond acceptors (Lipinski definition) is 8. The molecule has 11 heteroatoms. The van der Waals surface area contributed by atoms with Crippen LogP contribution >= 0.6 is 0 Å². The number of carbonyl (C=O) groups is 3. The number of likely N-dealkylation sites (N-methyl/N-ethyl adjacent to an activating group) is 1. The van der Waals surface area contributed by atoms with Crippen LogP contribution in [0.2, 0.25) is 0 Å². The van der Waals surface area contributed by atoms with Gasteiger partial charge in [0.1, 0.15) is 17.2 Å². The van der Waals surface area contributed by atoms with Gasteiger partial charge in [-0.3, -0.25) is 14.4 Å². The van der Waals surface area contributed by atoms with Crippen molar-refractivity contribution in [2.75, 3.05) is 76.9 Å². The lowest BCUT2D eigenvalue weighted by atomic mass is 10.1. The van der Waals surface area contributed by atoms with Crippen LogP contribution in [0.15, 0.2) is 60.7 Å². The van der Waals surface area contributed by atoms with E-state index in [0.29, 0.717) is 79.0 Å². The van der Waals surface area contributed by atoms with Crippen LogP contribution in [0.25, 0.3) is 0 Å². The largest absolute Gasteiger partial charge is 0.493 e. The molecule has 270 valence electrons. The van der Waals surface area contributed by atoms with Crippen molar-refractivity contribution >= 4 is 29.1 Å². The van der Waals surface area contributed by atoms with Crippen LogP contribution in [0.3, 0.4) is 0 Å². The number of unbranched alkanes of at least 4 members (excludes halogenated alkanes) is 2. The summed E-state index contributed by atoms with van der Waals surface area (Å²) in [6.45, 7) is 9.21. The van der Waals surface area contributed by atoms with E-state index in [1.165, 1.54) is 0 Å². The van der Waals surface area contributed by atoms with Gasteiger partial charge in [0.2, 0.25) is 5.91 Å². The number of nitrogens with one attached hydrogen (secondary N) is 1. The van der Waals surface area contributed by atoms with Crippen molar-refractivity contribution in [3.05, 3.63) is 77.4 Å². The number of nitrogens with two attached hydrogens (primary N) is 1. The highest BCUT2D eigenvalue weighted by Crippen LogP contribution is 2.33. The molecule has 1 heterocycles. The Morgan fingerprint density at radius 2 is 1.54 bits per heavy atom. The number of anilines is 2. The van der Waals surface area contributed by atoms with Crippen molar-refractivity contribution in [2.45, 2.75) is 52.4 Å². The fraction of sp³-hybridized carbons (Fsp3) is 0.462. The predicted molar refractivity (Wildman–Crippen MR) is 198 cm³/mol. The lowest BCUT2D eigenvalue weighted by Crippen LogP contribution is -2.47. The molecule has 0 atom stereocenters. The highest BCUT2D eigenvalue weighted by Gasteiger charge is 2.22. The average Bonchev–Trinajstić information content (AvgIpc) is 3.12. The van der Waals surface area contributed by atoms with Crippen LogP contribution in [-0.4, -0.2) is 94.2 Å². The van der Waals surface area contributed by atoms with Crippen LogP contribution in [0, 0.1) is 6.92 Å². The van der Waals surface area contributed by atoms with E-state index in [9.17, 15) is 14.4 Å². The Balaban J connectivity index is 1.39. The molecule has 1 fully saturated rings. The number of benzene rings is 3. The SMILES string of the molecule is CCCOc1cc(C(=O)N(C)c2ccc(C)cc2OCCCCCC(=O)N2CCN(C)CC2)ccc1NC(=O)c1ccccc1OCCCN. The van der Waals surface area contributed by atoms with Crippen molar-refractivity contribution in [1.82, 2.24) is 9.80 Å². The van der Waals surface area contributed by atoms with E-state index in [1.807, 2.05) is 43.0 Å². The fourth-order valence-electron chi connectivity index (χ4n) is 5.59. The van der Waals surface area contributed by atoms with Crippen LogP contribution in [-0.2, 0) is 4.79 Å². The first-order valence-electron chi connectivity index (χ1n) is 17.7. The quantitative estimate of drug-likeness (QED) is 0.162. The van der Waals surface area contributed by atoms with E-state index >= 15 is 0 Å². The third-order valence-electron chi connectivity index (χ3n) is 8.61.